The van der Waals surface area contributed by atoms with E-state index in [4.69, 9.17) is 10.6 Å². The molecule has 0 unspecified atom stereocenters. The standard InChI is InChI=1S/C14H19NO4/c1-14(2,3)18-13(17)11(9-12(16)19-15)10-7-5-4-6-8-10/h4-8,11H,9,15H2,1-3H3/t11-/m0/s1. The van der Waals surface area contributed by atoms with Crippen molar-refractivity contribution in [1.29, 1.82) is 0 Å². The SMILES string of the molecule is CC(C)(C)OC(=O)[C@@H](CC(=O)ON)c1ccccc1. The van der Waals surface area contributed by atoms with Crippen molar-refractivity contribution in [1.82, 2.24) is 0 Å². The molecule has 0 amide bonds. The Balaban J connectivity index is 2.93. The van der Waals surface area contributed by atoms with Gasteiger partial charge < -0.3 is 9.57 Å². The summed E-state index contributed by atoms with van der Waals surface area (Å²) < 4.78 is 5.31. The summed E-state index contributed by atoms with van der Waals surface area (Å²) >= 11 is 0. The second-order valence-electron chi connectivity index (χ2n) is 5.19. The van der Waals surface area contributed by atoms with E-state index >= 15 is 0 Å². The molecule has 1 aromatic rings. The summed E-state index contributed by atoms with van der Waals surface area (Å²) in [5, 5.41) is 0. The first-order valence-corrected chi connectivity index (χ1v) is 6.01. The highest BCUT2D eigenvalue weighted by Crippen LogP contribution is 2.24. The summed E-state index contributed by atoms with van der Waals surface area (Å²) in [7, 11) is 0. The fraction of sp³-hybridized carbons (Fsp3) is 0.429. The predicted octanol–water partition coefficient (Wildman–Crippen LogP) is 1.92. The van der Waals surface area contributed by atoms with Crippen LogP contribution >= 0.6 is 0 Å². The Labute approximate surface area is 112 Å². The number of esters is 1. The smallest absolute Gasteiger partial charge is 0.325 e. The second-order valence-corrected chi connectivity index (χ2v) is 5.19. The van der Waals surface area contributed by atoms with E-state index in [1.807, 2.05) is 6.07 Å². The molecule has 19 heavy (non-hydrogen) atoms. The minimum absolute atomic E-state index is 0.143. The molecule has 0 bridgehead atoms. The van der Waals surface area contributed by atoms with Gasteiger partial charge in [-0.3, -0.25) is 9.59 Å². The lowest BCUT2D eigenvalue weighted by molar-refractivity contribution is -0.160. The van der Waals surface area contributed by atoms with Crippen LogP contribution < -0.4 is 5.90 Å². The maximum absolute atomic E-state index is 12.1. The van der Waals surface area contributed by atoms with Gasteiger partial charge in [0, 0.05) is 0 Å². The average Bonchev–Trinajstić information content (AvgIpc) is 2.34. The lowest BCUT2D eigenvalue weighted by Gasteiger charge is -2.23. The molecule has 0 saturated carbocycles. The highest BCUT2D eigenvalue weighted by atomic mass is 16.7. The van der Waals surface area contributed by atoms with E-state index in [2.05, 4.69) is 4.84 Å². The highest BCUT2D eigenvalue weighted by Gasteiger charge is 2.29. The van der Waals surface area contributed by atoms with Gasteiger partial charge in [0.15, 0.2) is 0 Å². The molecule has 0 aliphatic carbocycles. The van der Waals surface area contributed by atoms with Crippen molar-refractivity contribution in [2.24, 2.45) is 5.90 Å². The van der Waals surface area contributed by atoms with Crippen LogP contribution in [0.5, 0.6) is 0 Å². The molecular formula is C14H19NO4. The molecule has 0 spiro atoms. The van der Waals surface area contributed by atoms with Gasteiger partial charge in [0.25, 0.3) is 0 Å². The van der Waals surface area contributed by atoms with Crippen LogP contribution in [0.15, 0.2) is 30.3 Å². The molecule has 0 saturated heterocycles. The molecule has 1 atom stereocenters. The van der Waals surface area contributed by atoms with Gasteiger partial charge in [0.2, 0.25) is 0 Å². The number of hydrogen-bond acceptors (Lipinski definition) is 5. The summed E-state index contributed by atoms with van der Waals surface area (Å²) in [6.07, 6.45) is -0.143. The Morgan fingerprint density at radius 3 is 2.26 bits per heavy atom. The van der Waals surface area contributed by atoms with Crippen LogP contribution in [0.4, 0.5) is 0 Å². The van der Waals surface area contributed by atoms with Crippen molar-refractivity contribution in [3.63, 3.8) is 0 Å². The van der Waals surface area contributed by atoms with Crippen LogP contribution in [-0.2, 0) is 19.2 Å². The average molecular weight is 265 g/mol. The fourth-order valence-electron chi connectivity index (χ4n) is 1.61. The summed E-state index contributed by atoms with van der Waals surface area (Å²) in [5.74, 6) is 2.99. The topological polar surface area (TPSA) is 78.6 Å². The number of hydrogen-bond donors (Lipinski definition) is 1. The molecule has 5 heteroatoms. The lowest BCUT2D eigenvalue weighted by atomic mass is 9.95. The number of rotatable bonds is 4. The molecule has 0 aliphatic heterocycles. The maximum atomic E-state index is 12.1. The van der Waals surface area contributed by atoms with Gasteiger partial charge in [0.05, 0.1) is 12.3 Å². The summed E-state index contributed by atoms with van der Waals surface area (Å²) in [5.41, 5.74) is 0.0821. The van der Waals surface area contributed by atoms with E-state index < -0.39 is 23.5 Å². The maximum Gasteiger partial charge on any atom is 0.325 e. The summed E-state index contributed by atoms with van der Waals surface area (Å²) in [4.78, 5) is 27.6. The molecule has 0 aromatic heterocycles. The Morgan fingerprint density at radius 2 is 1.79 bits per heavy atom. The van der Waals surface area contributed by atoms with Crippen molar-refractivity contribution in [2.45, 2.75) is 38.7 Å². The molecule has 104 valence electrons. The quantitative estimate of drug-likeness (QED) is 0.664. The van der Waals surface area contributed by atoms with E-state index in [0.29, 0.717) is 5.56 Å². The Morgan fingerprint density at radius 1 is 1.21 bits per heavy atom. The Hall–Kier alpha value is -1.88. The van der Waals surface area contributed by atoms with Crippen LogP contribution in [0.3, 0.4) is 0 Å². The van der Waals surface area contributed by atoms with Gasteiger partial charge in [-0.15, -0.1) is 0 Å². The number of benzene rings is 1. The first-order chi connectivity index (χ1) is 8.83. The van der Waals surface area contributed by atoms with Crippen molar-refractivity contribution in [2.75, 3.05) is 0 Å². The van der Waals surface area contributed by atoms with Crippen molar-refractivity contribution < 1.29 is 19.2 Å². The number of nitrogens with two attached hydrogens (primary N) is 1. The molecule has 0 heterocycles. The van der Waals surface area contributed by atoms with E-state index in [-0.39, 0.29) is 6.42 Å². The monoisotopic (exact) mass is 265 g/mol. The minimum atomic E-state index is -0.712. The van der Waals surface area contributed by atoms with Crippen LogP contribution in [0.1, 0.15) is 38.7 Å². The molecule has 0 aliphatic rings. The van der Waals surface area contributed by atoms with Gasteiger partial charge in [0.1, 0.15) is 5.60 Å². The molecule has 2 N–H and O–H groups in total. The zero-order valence-electron chi connectivity index (χ0n) is 11.4. The fourth-order valence-corrected chi connectivity index (χ4v) is 1.61. The Kier molecular flexibility index (Phi) is 5.06. The van der Waals surface area contributed by atoms with Crippen molar-refractivity contribution in [3.05, 3.63) is 35.9 Å². The highest BCUT2D eigenvalue weighted by molar-refractivity contribution is 5.84. The van der Waals surface area contributed by atoms with Gasteiger partial charge in [-0.05, 0) is 26.3 Å². The summed E-state index contributed by atoms with van der Waals surface area (Å²) in [6, 6.07) is 8.94. The van der Waals surface area contributed by atoms with Gasteiger partial charge >= 0.3 is 11.9 Å². The van der Waals surface area contributed by atoms with Crippen LogP contribution in [0.2, 0.25) is 0 Å². The number of ether oxygens (including phenoxy) is 1. The number of carbonyl (C=O) groups is 2. The Bertz CT molecular complexity index is 437. The molecule has 0 radical (unpaired) electrons. The van der Waals surface area contributed by atoms with Gasteiger partial charge in [-0.2, -0.15) is 5.90 Å². The summed E-state index contributed by atoms with van der Waals surface area (Å²) in [6.45, 7) is 5.32. The third-order valence-electron chi connectivity index (χ3n) is 2.40. The third-order valence-corrected chi connectivity index (χ3v) is 2.40. The number of carbonyl (C=O) groups excluding carboxylic acids is 2. The molecule has 1 aromatic carbocycles. The third kappa shape index (κ3) is 5.09. The first-order valence-electron chi connectivity index (χ1n) is 6.01. The normalized spacial score (nSPS) is 12.6. The van der Waals surface area contributed by atoms with E-state index in [9.17, 15) is 9.59 Å². The predicted molar refractivity (Wildman–Crippen MR) is 69.9 cm³/mol. The van der Waals surface area contributed by atoms with E-state index in [1.54, 1.807) is 45.0 Å². The van der Waals surface area contributed by atoms with Gasteiger partial charge in [-0.25, -0.2) is 0 Å². The second kappa shape index (κ2) is 6.33. The molecule has 0 fully saturated rings. The van der Waals surface area contributed by atoms with Crippen LogP contribution in [0.25, 0.3) is 0 Å². The van der Waals surface area contributed by atoms with Crippen LogP contribution in [-0.4, -0.2) is 17.5 Å². The van der Waals surface area contributed by atoms with Crippen molar-refractivity contribution >= 4 is 11.9 Å². The first kappa shape index (κ1) is 15.2. The van der Waals surface area contributed by atoms with Crippen LogP contribution in [0, 0.1) is 0 Å². The largest absolute Gasteiger partial charge is 0.459 e. The van der Waals surface area contributed by atoms with E-state index in [1.165, 1.54) is 0 Å². The lowest BCUT2D eigenvalue weighted by Crippen LogP contribution is -2.29. The van der Waals surface area contributed by atoms with Crippen molar-refractivity contribution in [3.8, 4) is 0 Å². The van der Waals surface area contributed by atoms with E-state index in [0.717, 1.165) is 0 Å². The van der Waals surface area contributed by atoms with Gasteiger partial charge in [-0.1, -0.05) is 30.3 Å². The molecular weight excluding hydrogens is 246 g/mol. The minimum Gasteiger partial charge on any atom is -0.459 e. The zero-order chi connectivity index (χ0) is 14.5. The zero-order valence-corrected chi connectivity index (χ0v) is 11.4. The molecule has 1 rings (SSSR count). The molecule has 5 nitrogen and oxygen atoms in total.